The van der Waals surface area contributed by atoms with E-state index < -0.39 is 5.91 Å². The number of nitriles is 1. The average molecular weight is 203 g/mol. The van der Waals surface area contributed by atoms with Crippen LogP contribution in [0, 0.1) is 16.2 Å². The lowest BCUT2D eigenvalue weighted by Crippen LogP contribution is -2.24. The van der Waals surface area contributed by atoms with Crippen molar-refractivity contribution in [2.45, 2.75) is 13.0 Å². The Labute approximate surface area is 86.9 Å². The lowest BCUT2D eigenvalue weighted by atomic mass is 10.2. The van der Waals surface area contributed by atoms with E-state index in [9.17, 15) is 9.70 Å². The summed E-state index contributed by atoms with van der Waals surface area (Å²) in [4.78, 5) is 21.6. The van der Waals surface area contributed by atoms with Crippen molar-refractivity contribution in [1.29, 1.82) is 5.26 Å². The third-order valence-corrected chi connectivity index (χ3v) is 1.79. The average Bonchev–Trinajstić information content (AvgIpc) is 2.27. The predicted molar refractivity (Wildman–Crippen MR) is 53.0 cm³/mol. The molecule has 0 heterocycles. The molecule has 0 aliphatic carbocycles. The van der Waals surface area contributed by atoms with Crippen molar-refractivity contribution < 1.29 is 4.79 Å². The van der Waals surface area contributed by atoms with Gasteiger partial charge in [-0.25, -0.2) is 0 Å². The second-order valence-electron chi connectivity index (χ2n) is 2.85. The first kappa shape index (κ1) is 10.9. The van der Waals surface area contributed by atoms with Gasteiger partial charge in [0.25, 0.3) is 5.91 Å². The number of amides is 1. The van der Waals surface area contributed by atoms with E-state index in [1.807, 2.05) is 6.07 Å². The molecule has 0 atom stereocenters. The van der Waals surface area contributed by atoms with E-state index in [0.29, 0.717) is 0 Å². The first-order valence-corrected chi connectivity index (χ1v) is 4.32. The van der Waals surface area contributed by atoms with E-state index in [4.69, 9.17) is 5.26 Å². The highest BCUT2D eigenvalue weighted by molar-refractivity contribution is 5.77. The molecule has 15 heavy (non-hydrogen) atoms. The number of rotatable bonds is 4. The Kier molecular flexibility index (Phi) is 3.98. The van der Waals surface area contributed by atoms with Crippen molar-refractivity contribution in [2.75, 3.05) is 0 Å². The highest BCUT2D eigenvalue weighted by Crippen LogP contribution is 2.05. The summed E-state index contributed by atoms with van der Waals surface area (Å²) in [5.41, 5.74) is 0.795. The lowest BCUT2D eigenvalue weighted by molar-refractivity contribution is -0.130. The quantitative estimate of drug-likeness (QED) is 0.551. The Balaban J connectivity index is 2.67. The van der Waals surface area contributed by atoms with Gasteiger partial charge in [-0.2, -0.15) is 10.3 Å². The van der Waals surface area contributed by atoms with Crippen LogP contribution in [0.2, 0.25) is 0 Å². The lowest BCUT2D eigenvalue weighted by Gasteiger charge is -2.11. The molecule has 0 spiro atoms. The molecule has 1 aromatic rings. The molecule has 0 saturated carbocycles. The van der Waals surface area contributed by atoms with Gasteiger partial charge in [-0.3, -0.25) is 4.79 Å². The number of carbonyl (C=O) groups is 1. The standard InChI is InChI=1S/C10H9N3O2/c11-7-6-10(14)13(12-15)8-9-4-2-1-3-5-9/h1-5H,6,8H2. The first-order valence-electron chi connectivity index (χ1n) is 4.32. The molecular formula is C10H9N3O2. The largest absolute Gasteiger partial charge is 0.272 e. The molecule has 0 fully saturated rings. The summed E-state index contributed by atoms with van der Waals surface area (Å²) in [6.07, 6.45) is -0.335. The van der Waals surface area contributed by atoms with Gasteiger partial charge in [0, 0.05) is 0 Å². The maximum absolute atomic E-state index is 11.2. The van der Waals surface area contributed by atoms with Gasteiger partial charge in [-0.05, 0) is 5.56 Å². The van der Waals surface area contributed by atoms with Crippen LogP contribution in [0.3, 0.4) is 0 Å². The number of nitrogens with zero attached hydrogens (tertiary/aromatic N) is 3. The molecule has 1 amide bonds. The van der Waals surface area contributed by atoms with Gasteiger partial charge >= 0.3 is 0 Å². The molecule has 0 aliphatic heterocycles. The Morgan fingerprint density at radius 1 is 1.40 bits per heavy atom. The summed E-state index contributed by atoms with van der Waals surface area (Å²) in [7, 11) is 0. The van der Waals surface area contributed by atoms with Crippen molar-refractivity contribution in [2.24, 2.45) is 5.29 Å². The smallest absolute Gasteiger partial charge is 0.259 e. The number of hydrogen-bond acceptors (Lipinski definition) is 4. The molecule has 5 heteroatoms. The zero-order valence-electron chi connectivity index (χ0n) is 7.96. The molecule has 1 aromatic carbocycles. The van der Waals surface area contributed by atoms with Gasteiger partial charge in [0.2, 0.25) is 0 Å². The normalized spacial score (nSPS) is 9.00. The topological polar surface area (TPSA) is 73.5 Å². The van der Waals surface area contributed by atoms with Crippen LogP contribution in [0.25, 0.3) is 0 Å². The summed E-state index contributed by atoms with van der Waals surface area (Å²) in [5, 5.41) is 11.6. The Morgan fingerprint density at radius 2 is 2.07 bits per heavy atom. The summed E-state index contributed by atoms with van der Waals surface area (Å²) >= 11 is 0. The summed E-state index contributed by atoms with van der Waals surface area (Å²) in [6, 6.07) is 10.7. The molecule has 0 bridgehead atoms. The summed E-state index contributed by atoms with van der Waals surface area (Å²) in [6.45, 7) is 0.102. The van der Waals surface area contributed by atoms with E-state index in [2.05, 4.69) is 5.29 Å². The molecular weight excluding hydrogens is 194 g/mol. The minimum Gasteiger partial charge on any atom is -0.272 e. The van der Waals surface area contributed by atoms with Crippen LogP contribution in [0.15, 0.2) is 35.6 Å². The van der Waals surface area contributed by atoms with E-state index in [1.54, 1.807) is 30.3 Å². The minimum absolute atomic E-state index is 0.102. The van der Waals surface area contributed by atoms with Crippen molar-refractivity contribution in [3.05, 3.63) is 40.8 Å². The van der Waals surface area contributed by atoms with E-state index in [0.717, 1.165) is 10.6 Å². The highest BCUT2D eigenvalue weighted by Gasteiger charge is 2.13. The zero-order valence-corrected chi connectivity index (χ0v) is 7.96. The van der Waals surface area contributed by atoms with E-state index >= 15 is 0 Å². The van der Waals surface area contributed by atoms with Crippen LogP contribution in [0.4, 0.5) is 0 Å². The number of nitroso groups, excluding NO2 is 1. The van der Waals surface area contributed by atoms with Gasteiger partial charge in [0.1, 0.15) is 6.42 Å². The van der Waals surface area contributed by atoms with Crippen molar-refractivity contribution in [3.8, 4) is 6.07 Å². The van der Waals surface area contributed by atoms with Gasteiger partial charge in [-0.15, -0.1) is 4.91 Å². The zero-order chi connectivity index (χ0) is 11.1. The molecule has 0 N–H and O–H groups in total. The molecule has 0 radical (unpaired) electrons. The molecule has 0 saturated heterocycles. The third-order valence-electron chi connectivity index (χ3n) is 1.79. The van der Waals surface area contributed by atoms with Crippen LogP contribution in [0.5, 0.6) is 0 Å². The minimum atomic E-state index is -0.587. The van der Waals surface area contributed by atoms with Crippen molar-refractivity contribution in [1.82, 2.24) is 5.01 Å². The Bertz CT molecular complexity index is 383. The number of carbonyl (C=O) groups excluding carboxylic acids is 1. The fourth-order valence-electron chi connectivity index (χ4n) is 1.08. The van der Waals surface area contributed by atoms with Crippen LogP contribution in [-0.4, -0.2) is 10.9 Å². The van der Waals surface area contributed by atoms with Crippen LogP contribution >= 0.6 is 0 Å². The van der Waals surface area contributed by atoms with E-state index in [-0.39, 0.29) is 13.0 Å². The maximum Gasteiger partial charge on any atom is 0.259 e. The fraction of sp³-hybridized carbons (Fsp3) is 0.200. The van der Waals surface area contributed by atoms with Gasteiger partial charge in [-0.1, -0.05) is 30.3 Å². The molecule has 5 nitrogen and oxygen atoms in total. The first-order chi connectivity index (χ1) is 7.27. The van der Waals surface area contributed by atoms with Crippen molar-refractivity contribution >= 4 is 5.91 Å². The van der Waals surface area contributed by atoms with Crippen LogP contribution < -0.4 is 0 Å². The molecule has 76 valence electrons. The van der Waals surface area contributed by atoms with Crippen molar-refractivity contribution in [3.63, 3.8) is 0 Å². The second kappa shape index (κ2) is 5.50. The van der Waals surface area contributed by atoms with Crippen LogP contribution in [-0.2, 0) is 11.3 Å². The third kappa shape index (κ3) is 3.19. The molecule has 0 aromatic heterocycles. The number of hydrogen-bond donors (Lipinski definition) is 0. The van der Waals surface area contributed by atoms with Gasteiger partial charge < -0.3 is 0 Å². The summed E-state index contributed by atoms with van der Waals surface area (Å²) in [5.74, 6) is -0.587. The molecule has 0 aliphatic rings. The molecule has 0 unspecified atom stereocenters. The predicted octanol–water partition coefficient (Wildman–Crippen LogP) is 1.61. The monoisotopic (exact) mass is 203 g/mol. The van der Waals surface area contributed by atoms with E-state index in [1.165, 1.54) is 0 Å². The fourth-order valence-corrected chi connectivity index (χ4v) is 1.08. The highest BCUT2D eigenvalue weighted by atomic mass is 16.3. The Morgan fingerprint density at radius 3 is 2.60 bits per heavy atom. The van der Waals surface area contributed by atoms with Gasteiger partial charge in [0.05, 0.1) is 17.9 Å². The molecule has 1 rings (SSSR count). The summed E-state index contributed by atoms with van der Waals surface area (Å²) < 4.78 is 0. The maximum atomic E-state index is 11.2. The van der Waals surface area contributed by atoms with Gasteiger partial charge in [0.15, 0.2) is 0 Å². The second-order valence-corrected chi connectivity index (χ2v) is 2.85. The van der Waals surface area contributed by atoms with Crippen LogP contribution in [0.1, 0.15) is 12.0 Å². The Hall–Kier alpha value is -2.22. The number of benzene rings is 1. The SMILES string of the molecule is N#CCC(=O)N(Cc1ccccc1)N=O.